The number of ether oxygens (including phenoxy) is 2. The third-order valence-electron chi connectivity index (χ3n) is 3.45. The molecule has 3 aromatic rings. The van der Waals surface area contributed by atoms with Gasteiger partial charge < -0.3 is 9.47 Å². The fourth-order valence-electron chi connectivity index (χ4n) is 2.18. The van der Waals surface area contributed by atoms with Crippen LogP contribution in [0.3, 0.4) is 0 Å². The molecule has 0 bridgehead atoms. The lowest BCUT2D eigenvalue weighted by Crippen LogP contribution is -2.11. The summed E-state index contributed by atoms with van der Waals surface area (Å²) in [6.07, 6.45) is 3.52. The number of benzene rings is 2. The lowest BCUT2D eigenvalue weighted by molar-refractivity contribution is 0.0487. The number of hydrogen-bond acceptors (Lipinski definition) is 4. The van der Waals surface area contributed by atoms with Crippen molar-refractivity contribution in [2.45, 2.75) is 13.2 Å². The Kier molecular flexibility index (Phi) is 5.24. The van der Waals surface area contributed by atoms with Crippen molar-refractivity contribution in [3.8, 4) is 5.75 Å². The molecule has 0 saturated carbocycles. The molecule has 0 N–H and O–H groups in total. The predicted octanol–water partition coefficient (Wildman–Crippen LogP) is 3.32. The Balaban J connectivity index is 1.47. The summed E-state index contributed by atoms with van der Waals surface area (Å²) in [6, 6.07) is 18.7. The second-order valence-corrected chi connectivity index (χ2v) is 5.20. The quantitative estimate of drug-likeness (QED) is 0.626. The van der Waals surface area contributed by atoms with Crippen LogP contribution in [0.4, 0.5) is 0 Å². The molecule has 0 aliphatic rings. The van der Waals surface area contributed by atoms with Gasteiger partial charge in [-0.1, -0.05) is 30.3 Å². The molecule has 0 aliphatic carbocycles. The van der Waals surface area contributed by atoms with Gasteiger partial charge in [-0.2, -0.15) is 5.10 Å². The molecule has 3 rings (SSSR count). The summed E-state index contributed by atoms with van der Waals surface area (Å²) < 4.78 is 12.6. The van der Waals surface area contributed by atoms with Gasteiger partial charge in [-0.25, -0.2) is 4.79 Å². The number of rotatable bonds is 7. The fourth-order valence-corrected chi connectivity index (χ4v) is 2.18. The Morgan fingerprint density at radius 1 is 1.00 bits per heavy atom. The molecule has 0 radical (unpaired) electrons. The van der Waals surface area contributed by atoms with Gasteiger partial charge in [0.15, 0.2) is 0 Å². The molecule has 24 heavy (non-hydrogen) atoms. The molecule has 0 atom stereocenters. The highest BCUT2D eigenvalue weighted by Crippen LogP contribution is 2.15. The van der Waals surface area contributed by atoms with Gasteiger partial charge in [-0.05, 0) is 35.9 Å². The van der Waals surface area contributed by atoms with Gasteiger partial charge in [-0.15, -0.1) is 0 Å². The highest BCUT2D eigenvalue weighted by molar-refractivity contribution is 5.89. The van der Waals surface area contributed by atoms with Gasteiger partial charge in [0.2, 0.25) is 0 Å². The van der Waals surface area contributed by atoms with Gasteiger partial charge in [0.1, 0.15) is 19.0 Å². The van der Waals surface area contributed by atoms with Crippen molar-refractivity contribution in [2.75, 3.05) is 6.61 Å². The number of esters is 1. The van der Waals surface area contributed by atoms with Crippen LogP contribution < -0.4 is 4.74 Å². The number of carbonyl (C=O) groups excluding carboxylic acids is 1. The Morgan fingerprint density at radius 2 is 1.79 bits per heavy atom. The molecule has 0 unspecified atom stereocenters. The SMILES string of the molecule is O=C(OCCn1cccn1)c1ccc(OCc2ccccc2)cc1. The second kappa shape index (κ2) is 7.97. The average molecular weight is 322 g/mol. The van der Waals surface area contributed by atoms with E-state index in [0.29, 0.717) is 24.5 Å². The molecular formula is C19H18N2O3. The summed E-state index contributed by atoms with van der Waals surface area (Å²) in [4.78, 5) is 12.0. The van der Waals surface area contributed by atoms with E-state index in [0.717, 1.165) is 5.56 Å². The zero-order valence-electron chi connectivity index (χ0n) is 13.2. The van der Waals surface area contributed by atoms with Gasteiger partial charge in [-0.3, -0.25) is 4.68 Å². The smallest absolute Gasteiger partial charge is 0.338 e. The van der Waals surface area contributed by atoms with E-state index in [2.05, 4.69) is 5.10 Å². The van der Waals surface area contributed by atoms with Crippen molar-refractivity contribution in [1.82, 2.24) is 9.78 Å². The average Bonchev–Trinajstić information content (AvgIpc) is 3.15. The molecule has 5 heteroatoms. The maximum Gasteiger partial charge on any atom is 0.338 e. The maximum absolute atomic E-state index is 12.0. The maximum atomic E-state index is 12.0. The number of nitrogens with zero attached hydrogens (tertiary/aromatic N) is 2. The van der Waals surface area contributed by atoms with Gasteiger partial charge in [0, 0.05) is 12.4 Å². The summed E-state index contributed by atoms with van der Waals surface area (Å²) in [6.45, 7) is 1.32. The summed E-state index contributed by atoms with van der Waals surface area (Å²) in [7, 11) is 0. The normalized spacial score (nSPS) is 10.3. The summed E-state index contributed by atoms with van der Waals surface area (Å²) in [5.41, 5.74) is 1.60. The Labute approximate surface area is 140 Å². The first-order valence-corrected chi connectivity index (χ1v) is 7.72. The molecule has 1 heterocycles. The second-order valence-electron chi connectivity index (χ2n) is 5.20. The number of hydrogen-bond donors (Lipinski definition) is 0. The van der Waals surface area contributed by atoms with Gasteiger partial charge in [0.25, 0.3) is 0 Å². The monoisotopic (exact) mass is 322 g/mol. The molecule has 1 aromatic heterocycles. The minimum Gasteiger partial charge on any atom is -0.489 e. The van der Waals surface area contributed by atoms with Crippen LogP contribution in [0.1, 0.15) is 15.9 Å². The van der Waals surface area contributed by atoms with Crippen LogP contribution in [0, 0.1) is 0 Å². The first-order valence-electron chi connectivity index (χ1n) is 7.72. The fraction of sp³-hybridized carbons (Fsp3) is 0.158. The zero-order chi connectivity index (χ0) is 16.6. The Morgan fingerprint density at radius 3 is 2.50 bits per heavy atom. The van der Waals surface area contributed by atoms with E-state index in [9.17, 15) is 4.79 Å². The predicted molar refractivity (Wildman–Crippen MR) is 89.7 cm³/mol. The number of carbonyl (C=O) groups is 1. The molecule has 0 fully saturated rings. The van der Waals surface area contributed by atoms with Gasteiger partial charge in [0.05, 0.1) is 12.1 Å². The van der Waals surface area contributed by atoms with Gasteiger partial charge >= 0.3 is 5.97 Å². The van der Waals surface area contributed by atoms with Crippen LogP contribution in [0.5, 0.6) is 5.75 Å². The molecule has 0 amide bonds. The highest BCUT2D eigenvalue weighted by Gasteiger charge is 2.07. The third-order valence-corrected chi connectivity index (χ3v) is 3.45. The van der Waals surface area contributed by atoms with Crippen molar-refractivity contribution in [3.63, 3.8) is 0 Å². The minimum atomic E-state index is -0.350. The van der Waals surface area contributed by atoms with Crippen molar-refractivity contribution in [1.29, 1.82) is 0 Å². The highest BCUT2D eigenvalue weighted by atomic mass is 16.5. The number of aromatic nitrogens is 2. The standard InChI is InChI=1S/C19H18N2O3/c22-19(23-14-13-21-12-4-11-20-21)17-7-9-18(10-8-17)24-15-16-5-2-1-3-6-16/h1-12H,13-15H2. The summed E-state index contributed by atoms with van der Waals surface area (Å²) in [5.74, 6) is 0.365. The van der Waals surface area contributed by atoms with Crippen LogP contribution in [0.2, 0.25) is 0 Å². The van der Waals surface area contributed by atoms with E-state index in [1.54, 1.807) is 35.1 Å². The molecule has 0 aliphatic heterocycles. The van der Waals surface area contributed by atoms with Crippen molar-refractivity contribution in [3.05, 3.63) is 84.2 Å². The lowest BCUT2D eigenvalue weighted by atomic mass is 10.2. The zero-order valence-corrected chi connectivity index (χ0v) is 13.2. The Hall–Kier alpha value is -3.08. The van der Waals surface area contributed by atoms with Crippen LogP contribution in [0.15, 0.2) is 73.1 Å². The van der Waals surface area contributed by atoms with E-state index in [4.69, 9.17) is 9.47 Å². The van der Waals surface area contributed by atoms with Crippen molar-refractivity contribution in [2.24, 2.45) is 0 Å². The van der Waals surface area contributed by atoms with Crippen LogP contribution in [0.25, 0.3) is 0 Å². The molecule has 0 saturated heterocycles. The van der Waals surface area contributed by atoms with E-state index in [1.807, 2.05) is 42.6 Å². The van der Waals surface area contributed by atoms with E-state index < -0.39 is 0 Å². The first kappa shape index (κ1) is 15.8. The largest absolute Gasteiger partial charge is 0.489 e. The molecule has 5 nitrogen and oxygen atoms in total. The van der Waals surface area contributed by atoms with E-state index >= 15 is 0 Å². The van der Waals surface area contributed by atoms with Crippen LogP contribution in [-0.4, -0.2) is 22.4 Å². The molecular weight excluding hydrogens is 304 g/mol. The van der Waals surface area contributed by atoms with Crippen molar-refractivity contribution < 1.29 is 14.3 Å². The minimum absolute atomic E-state index is 0.284. The van der Waals surface area contributed by atoms with E-state index in [-0.39, 0.29) is 12.6 Å². The van der Waals surface area contributed by atoms with Crippen LogP contribution in [-0.2, 0) is 17.9 Å². The molecule has 122 valence electrons. The van der Waals surface area contributed by atoms with E-state index in [1.165, 1.54) is 0 Å². The lowest BCUT2D eigenvalue weighted by Gasteiger charge is -2.08. The first-order chi connectivity index (χ1) is 11.8. The summed E-state index contributed by atoms with van der Waals surface area (Å²) in [5, 5.41) is 4.05. The van der Waals surface area contributed by atoms with Crippen molar-refractivity contribution >= 4 is 5.97 Å². The van der Waals surface area contributed by atoms with Crippen LogP contribution >= 0.6 is 0 Å². The molecule has 2 aromatic carbocycles. The Bertz CT molecular complexity index is 753. The summed E-state index contributed by atoms with van der Waals surface area (Å²) >= 11 is 0. The topological polar surface area (TPSA) is 53.4 Å². The molecule has 0 spiro atoms. The third kappa shape index (κ3) is 4.46.